The molecule has 0 N–H and O–H groups in total. The van der Waals surface area contributed by atoms with Crippen LogP contribution in [0.15, 0.2) is 0 Å². The van der Waals surface area contributed by atoms with Gasteiger partial charge in [-0.15, -0.1) is 0 Å². The molecule has 0 aromatic carbocycles. The van der Waals surface area contributed by atoms with Crippen LogP contribution in [-0.2, 0) is 0 Å². The van der Waals surface area contributed by atoms with Crippen LogP contribution in [-0.4, -0.2) is 30.0 Å². The molecule has 4 aliphatic rings. The smallest absolute Gasteiger partial charge is 0.251 e. The fourth-order valence-electron chi connectivity index (χ4n) is 7.44. The van der Waals surface area contributed by atoms with Gasteiger partial charge in [-0.1, -0.05) is 51.4 Å². The van der Waals surface area contributed by atoms with Crippen molar-refractivity contribution >= 4 is 0 Å². The van der Waals surface area contributed by atoms with Crippen molar-refractivity contribution in [2.24, 2.45) is 23.7 Å². The first kappa shape index (κ1) is 18.2. The van der Waals surface area contributed by atoms with Crippen LogP contribution in [0.3, 0.4) is 0 Å². The van der Waals surface area contributed by atoms with E-state index < -0.39 is 6.43 Å². The molecule has 2 atom stereocenters. The second-order valence-electron chi connectivity index (χ2n) is 9.48. The topological polar surface area (TPSA) is 3.24 Å². The molecular formula is C22H37F2N. The minimum atomic E-state index is -2.18. The molecule has 0 amide bonds. The highest BCUT2D eigenvalue weighted by atomic mass is 19.3. The molecule has 2 unspecified atom stereocenters. The lowest BCUT2D eigenvalue weighted by atomic mass is 9.53. The molecule has 1 heterocycles. The van der Waals surface area contributed by atoms with Gasteiger partial charge < -0.3 is 0 Å². The standard InChI is InChI=1S/C22H37F2N/c23-21(24)16-25-15-7-14-20(17-8-6-9-17)22(25,19-12-4-5-13-19)18-10-2-1-3-11-18/h17-21H,1-16H2. The fraction of sp³-hybridized carbons (Fsp3) is 1.00. The Balaban J connectivity index is 1.73. The SMILES string of the molecule is FC(F)CN1CCCC(C2CCC2)C1(C1CCCCC1)C1CCCC1. The van der Waals surface area contributed by atoms with Gasteiger partial charge in [0.15, 0.2) is 0 Å². The molecule has 0 aromatic rings. The molecule has 3 saturated carbocycles. The van der Waals surface area contributed by atoms with Crippen LogP contribution in [0.1, 0.15) is 89.9 Å². The van der Waals surface area contributed by atoms with E-state index in [4.69, 9.17) is 0 Å². The summed E-state index contributed by atoms with van der Waals surface area (Å²) < 4.78 is 27.2. The lowest BCUT2D eigenvalue weighted by molar-refractivity contribution is -0.141. The molecule has 0 spiro atoms. The zero-order valence-corrected chi connectivity index (χ0v) is 15.9. The van der Waals surface area contributed by atoms with Gasteiger partial charge in [-0.05, 0) is 68.7 Å². The van der Waals surface area contributed by atoms with E-state index in [1.165, 1.54) is 83.5 Å². The highest BCUT2D eigenvalue weighted by Crippen LogP contribution is 2.58. The molecule has 0 aromatic heterocycles. The van der Waals surface area contributed by atoms with E-state index in [-0.39, 0.29) is 12.1 Å². The molecule has 144 valence electrons. The molecule has 25 heavy (non-hydrogen) atoms. The maximum absolute atomic E-state index is 13.6. The van der Waals surface area contributed by atoms with Crippen molar-refractivity contribution in [3.05, 3.63) is 0 Å². The lowest BCUT2D eigenvalue weighted by Crippen LogP contribution is -2.68. The first-order valence-electron chi connectivity index (χ1n) is 11.3. The number of halogens is 2. The number of alkyl halides is 2. The van der Waals surface area contributed by atoms with Crippen molar-refractivity contribution in [3.63, 3.8) is 0 Å². The fourth-order valence-corrected chi connectivity index (χ4v) is 7.44. The predicted octanol–water partition coefficient (Wildman–Crippen LogP) is 6.27. The Morgan fingerprint density at radius 2 is 1.32 bits per heavy atom. The summed E-state index contributed by atoms with van der Waals surface area (Å²) in [4.78, 5) is 2.39. The van der Waals surface area contributed by atoms with Gasteiger partial charge in [0.2, 0.25) is 0 Å². The number of piperidine rings is 1. The van der Waals surface area contributed by atoms with E-state index in [1.807, 2.05) is 0 Å². The minimum Gasteiger partial charge on any atom is -0.291 e. The maximum atomic E-state index is 13.6. The van der Waals surface area contributed by atoms with Crippen LogP contribution in [0.5, 0.6) is 0 Å². The zero-order valence-electron chi connectivity index (χ0n) is 15.9. The van der Waals surface area contributed by atoms with E-state index >= 15 is 0 Å². The van der Waals surface area contributed by atoms with Crippen LogP contribution >= 0.6 is 0 Å². The predicted molar refractivity (Wildman–Crippen MR) is 98.9 cm³/mol. The Kier molecular flexibility index (Phi) is 5.69. The molecule has 0 bridgehead atoms. The average molecular weight is 354 g/mol. The van der Waals surface area contributed by atoms with E-state index in [1.54, 1.807) is 0 Å². The number of hydrogen-bond donors (Lipinski definition) is 0. The molecule has 0 radical (unpaired) electrons. The Labute approximate surface area is 152 Å². The van der Waals surface area contributed by atoms with Crippen molar-refractivity contribution in [1.29, 1.82) is 0 Å². The molecule has 4 fully saturated rings. The van der Waals surface area contributed by atoms with Crippen molar-refractivity contribution in [2.75, 3.05) is 13.1 Å². The zero-order chi connectivity index (χ0) is 17.3. The summed E-state index contributed by atoms with van der Waals surface area (Å²) in [6.07, 6.45) is 16.3. The summed E-state index contributed by atoms with van der Waals surface area (Å²) in [5.74, 6) is 2.93. The van der Waals surface area contributed by atoms with Crippen molar-refractivity contribution in [3.8, 4) is 0 Å². The Morgan fingerprint density at radius 1 is 0.720 bits per heavy atom. The Bertz CT molecular complexity index is 424. The van der Waals surface area contributed by atoms with Crippen molar-refractivity contribution < 1.29 is 8.78 Å². The highest BCUT2D eigenvalue weighted by molar-refractivity contribution is 5.11. The largest absolute Gasteiger partial charge is 0.291 e. The van der Waals surface area contributed by atoms with Crippen LogP contribution in [0, 0.1) is 23.7 Å². The van der Waals surface area contributed by atoms with E-state index in [0.717, 1.165) is 18.9 Å². The van der Waals surface area contributed by atoms with Crippen LogP contribution in [0.4, 0.5) is 8.78 Å². The average Bonchev–Trinajstić information content (AvgIpc) is 3.09. The molecule has 1 saturated heterocycles. The van der Waals surface area contributed by atoms with Gasteiger partial charge in [-0.2, -0.15) is 0 Å². The van der Waals surface area contributed by atoms with Gasteiger partial charge in [0.1, 0.15) is 0 Å². The first-order chi connectivity index (χ1) is 12.2. The summed E-state index contributed by atoms with van der Waals surface area (Å²) in [7, 11) is 0. The first-order valence-corrected chi connectivity index (χ1v) is 11.3. The van der Waals surface area contributed by atoms with Gasteiger partial charge in [0.25, 0.3) is 6.43 Å². The molecule has 4 rings (SSSR count). The molecule has 1 nitrogen and oxygen atoms in total. The number of hydrogen-bond acceptors (Lipinski definition) is 1. The van der Waals surface area contributed by atoms with E-state index in [2.05, 4.69) is 4.90 Å². The van der Waals surface area contributed by atoms with E-state index in [0.29, 0.717) is 17.8 Å². The van der Waals surface area contributed by atoms with Gasteiger partial charge >= 0.3 is 0 Å². The monoisotopic (exact) mass is 353 g/mol. The summed E-state index contributed by atoms with van der Waals surface area (Å²) in [5.41, 5.74) is 0.122. The molecule has 3 aliphatic carbocycles. The highest BCUT2D eigenvalue weighted by Gasteiger charge is 2.58. The third-order valence-corrected chi connectivity index (χ3v) is 8.43. The number of rotatable bonds is 5. The summed E-state index contributed by atoms with van der Waals surface area (Å²) in [5, 5.41) is 0. The minimum absolute atomic E-state index is 0.0379. The van der Waals surface area contributed by atoms with Crippen LogP contribution < -0.4 is 0 Å². The van der Waals surface area contributed by atoms with Crippen LogP contribution in [0.2, 0.25) is 0 Å². The molecule has 3 heteroatoms. The van der Waals surface area contributed by atoms with Crippen molar-refractivity contribution in [2.45, 2.75) is 102 Å². The van der Waals surface area contributed by atoms with Gasteiger partial charge in [-0.3, -0.25) is 4.90 Å². The third-order valence-electron chi connectivity index (χ3n) is 8.43. The second-order valence-corrected chi connectivity index (χ2v) is 9.48. The summed E-state index contributed by atoms with van der Waals surface area (Å²) in [6, 6.07) is 0. The molecular weight excluding hydrogens is 316 g/mol. The maximum Gasteiger partial charge on any atom is 0.251 e. The Morgan fingerprint density at radius 3 is 1.84 bits per heavy atom. The number of nitrogens with zero attached hydrogens (tertiary/aromatic N) is 1. The summed E-state index contributed by atoms with van der Waals surface area (Å²) >= 11 is 0. The second kappa shape index (κ2) is 7.82. The van der Waals surface area contributed by atoms with Gasteiger partial charge in [0, 0.05) is 5.54 Å². The quantitative estimate of drug-likeness (QED) is 0.563. The Hall–Kier alpha value is -0.180. The number of likely N-dealkylation sites (tertiary alicyclic amines) is 1. The van der Waals surface area contributed by atoms with Gasteiger partial charge in [-0.25, -0.2) is 8.78 Å². The third kappa shape index (κ3) is 3.28. The van der Waals surface area contributed by atoms with E-state index in [9.17, 15) is 8.78 Å². The lowest BCUT2D eigenvalue weighted by Gasteiger charge is -2.63. The van der Waals surface area contributed by atoms with Crippen molar-refractivity contribution in [1.82, 2.24) is 4.90 Å². The molecule has 1 aliphatic heterocycles. The van der Waals surface area contributed by atoms with Crippen LogP contribution in [0.25, 0.3) is 0 Å². The summed E-state index contributed by atoms with van der Waals surface area (Å²) in [6.45, 7) is 0.969. The van der Waals surface area contributed by atoms with Gasteiger partial charge in [0.05, 0.1) is 6.54 Å². The normalized spacial score (nSPS) is 36.8.